The summed E-state index contributed by atoms with van der Waals surface area (Å²) >= 11 is 0. The van der Waals surface area contributed by atoms with Crippen LogP contribution in [-0.2, 0) is 7.05 Å². The second-order valence-corrected chi connectivity index (χ2v) is 4.24. The van der Waals surface area contributed by atoms with Crippen molar-refractivity contribution in [3.05, 3.63) is 35.7 Å². The van der Waals surface area contributed by atoms with E-state index in [1.807, 2.05) is 26.0 Å². The minimum absolute atomic E-state index is 0.202. The van der Waals surface area contributed by atoms with Crippen molar-refractivity contribution >= 4 is 17.5 Å². The standard InChI is InChI=1S/C13H17N5O/c1-4-14-11-7-9(2)5-6-10(11)12(19)17-13-15-8-16-18(13)3/h5-8,14H,4H2,1-3H3,(H,15,16,17,19). The van der Waals surface area contributed by atoms with Crippen LogP contribution in [0.2, 0.25) is 0 Å². The minimum atomic E-state index is -0.202. The first-order valence-corrected chi connectivity index (χ1v) is 6.11. The SMILES string of the molecule is CCNc1cc(C)ccc1C(=O)Nc1ncnn1C. The molecule has 0 fully saturated rings. The van der Waals surface area contributed by atoms with Crippen molar-refractivity contribution in [2.75, 3.05) is 17.2 Å². The van der Waals surface area contributed by atoms with Gasteiger partial charge in [-0.2, -0.15) is 10.1 Å². The maximum Gasteiger partial charge on any atom is 0.260 e. The van der Waals surface area contributed by atoms with Crippen molar-refractivity contribution < 1.29 is 4.79 Å². The molecule has 1 heterocycles. The molecule has 0 saturated carbocycles. The second-order valence-electron chi connectivity index (χ2n) is 4.24. The fourth-order valence-corrected chi connectivity index (χ4v) is 1.77. The lowest BCUT2D eigenvalue weighted by Crippen LogP contribution is -2.17. The Labute approximate surface area is 111 Å². The molecule has 0 aliphatic rings. The van der Waals surface area contributed by atoms with Gasteiger partial charge in [0.25, 0.3) is 5.91 Å². The van der Waals surface area contributed by atoms with E-state index in [-0.39, 0.29) is 5.91 Å². The third kappa shape index (κ3) is 2.90. The Morgan fingerprint density at radius 2 is 2.21 bits per heavy atom. The molecule has 0 spiro atoms. The van der Waals surface area contributed by atoms with Gasteiger partial charge in [0.1, 0.15) is 6.33 Å². The Kier molecular flexibility index (Phi) is 3.79. The van der Waals surface area contributed by atoms with E-state index in [9.17, 15) is 4.79 Å². The van der Waals surface area contributed by atoms with Crippen LogP contribution in [0.15, 0.2) is 24.5 Å². The first kappa shape index (κ1) is 13.1. The zero-order chi connectivity index (χ0) is 13.8. The number of amides is 1. The van der Waals surface area contributed by atoms with E-state index in [1.54, 1.807) is 13.1 Å². The fourth-order valence-electron chi connectivity index (χ4n) is 1.77. The Bertz CT molecular complexity index is 590. The molecule has 0 aliphatic heterocycles. The topological polar surface area (TPSA) is 71.8 Å². The molecular weight excluding hydrogens is 242 g/mol. The second kappa shape index (κ2) is 5.51. The van der Waals surface area contributed by atoms with Crippen LogP contribution in [0.3, 0.4) is 0 Å². The molecule has 0 unspecified atom stereocenters. The number of carbonyl (C=O) groups excluding carboxylic acids is 1. The monoisotopic (exact) mass is 259 g/mol. The number of aromatic nitrogens is 3. The number of anilines is 2. The first-order valence-electron chi connectivity index (χ1n) is 6.11. The van der Waals surface area contributed by atoms with Crippen molar-refractivity contribution in [2.45, 2.75) is 13.8 Å². The van der Waals surface area contributed by atoms with Crippen LogP contribution in [0.4, 0.5) is 11.6 Å². The molecule has 1 amide bonds. The molecule has 2 aromatic rings. The van der Waals surface area contributed by atoms with E-state index < -0.39 is 0 Å². The highest BCUT2D eigenvalue weighted by Crippen LogP contribution is 2.18. The summed E-state index contributed by atoms with van der Waals surface area (Å²) in [4.78, 5) is 16.2. The van der Waals surface area contributed by atoms with Crippen molar-refractivity contribution in [3.8, 4) is 0 Å². The number of hydrogen-bond acceptors (Lipinski definition) is 4. The zero-order valence-corrected chi connectivity index (χ0v) is 11.3. The number of nitrogens with zero attached hydrogens (tertiary/aromatic N) is 3. The van der Waals surface area contributed by atoms with Gasteiger partial charge in [-0.1, -0.05) is 6.07 Å². The van der Waals surface area contributed by atoms with Crippen molar-refractivity contribution in [1.29, 1.82) is 0 Å². The molecule has 0 bridgehead atoms. The highest BCUT2D eigenvalue weighted by Gasteiger charge is 2.13. The average Bonchev–Trinajstić information content (AvgIpc) is 2.75. The number of carbonyl (C=O) groups is 1. The maximum atomic E-state index is 12.2. The highest BCUT2D eigenvalue weighted by molar-refractivity contribution is 6.07. The van der Waals surface area contributed by atoms with Gasteiger partial charge in [-0.3, -0.25) is 10.1 Å². The third-order valence-corrected chi connectivity index (χ3v) is 2.72. The van der Waals surface area contributed by atoms with Crippen LogP contribution in [0, 0.1) is 6.92 Å². The molecule has 1 aromatic heterocycles. The largest absolute Gasteiger partial charge is 0.385 e. The molecule has 0 saturated heterocycles. The van der Waals surface area contributed by atoms with E-state index in [0.717, 1.165) is 17.8 Å². The van der Waals surface area contributed by atoms with Gasteiger partial charge in [0.2, 0.25) is 5.95 Å². The lowest BCUT2D eigenvalue weighted by molar-refractivity contribution is 0.102. The number of benzene rings is 1. The van der Waals surface area contributed by atoms with Gasteiger partial charge < -0.3 is 5.32 Å². The summed E-state index contributed by atoms with van der Waals surface area (Å²) in [6.07, 6.45) is 1.40. The quantitative estimate of drug-likeness (QED) is 0.878. The summed E-state index contributed by atoms with van der Waals surface area (Å²) in [5.41, 5.74) is 2.52. The molecule has 0 radical (unpaired) electrons. The van der Waals surface area contributed by atoms with Crippen LogP contribution < -0.4 is 10.6 Å². The van der Waals surface area contributed by atoms with Gasteiger partial charge in [0.15, 0.2) is 0 Å². The van der Waals surface area contributed by atoms with Gasteiger partial charge in [0, 0.05) is 19.3 Å². The Morgan fingerprint density at radius 1 is 1.42 bits per heavy atom. The zero-order valence-electron chi connectivity index (χ0n) is 11.3. The van der Waals surface area contributed by atoms with Crippen molar-refractivity contribution in [3.63, 3.8) is 0 Å². The Balaban J connectivity index is 2.26. The normalized spacial score (nSPS) is 10.3. The Hall–Kier alpha value is -2.37. The van der Waals surface area contributed by atoms with Crippen molar-refractivity contribution in [2.24, 2.45) is 7.05 Å². The Morgan fingerprint density at radius 3 is 2.84 bits per heavy atom. The molecule has 0 atom stereocenters. The van der Waals surface area contributed by atoms with E-state index in [2.05, 4.69) is 20.7 Å². The maximum absolute atomic E-state index is 12.2. The molecule has 19 heavy (non-hydrogen) atoms. The fraction of sp³-hybridized carbons (Fsp3) is 0.308. The van der Waals surface area contributed by atoms with Crippen LogP contribution in [0.1, 0.15) is 22.8 Å². The summed E-state index contributed by atoms with van der Waals surface area (Å²) in [5.74, 6) is 0.222. The lowest BCUT2D eigenvalue weighted by Gasteiger charge is -2.11. The van der Waals surface area contributed by atoms with E-state index in [1.165, 1.54) is 11.0 Å². The molecule has 6 heteroatoms. The summed E-state index contributed by atoms with van der Waals surface area (Å²) in [5, 5.41) is 9.84. The lowest BCUT2D eigenvalue weighted by atomic mass is 10.1. The van der Waals surface area contributed by atoms with Crippen LogP contribution >= 0.6 is 0 Å². The number of nitrogens with one attached hydrogen (secondary N) is 2. The predicted octanol–water partition coefficient (Wildman–Crippen LogP) is 1.81. The molecule has 2 N–H and O–H groups in total. The third-order valence-electron chi connectivity index (χ3n) is 2.72. The minimum Gasteiger partial charge on any atom is -0.385 e. The van der Waals surface area contributed by atoms with E-state index in [0.29, 0.717) is 11.5 Å². The van der Waals surface area contributed by atoms with Crippen molar-refractivity contribution in [1.82, 2.24) is 14.8 Å². The van der Waals surface area contributed by atoms with Crippen LogP contribution in [0.25, 0.3) is 0 Å². The number of rotatable bonds is 4. The molecule has 0 aliphatic carbocycles. The summed E-state index contributed by atoms with van der Waals surface area (Å²) < 4.78 is 1.51. The van der Waals surface area contributed by atoms with Crippen LogP contribution in [0.5, 0.6) is 0 Å². The summed E-state index contributed by atoms with van der Waals surface area (Å²) in [6.45, 7) is 4.74. The molecule has 100 valence electrons. The average molecular weight is 259 g/mol. The van der Waals surface area contributed by atoms with E-state index in [4.69, 9.17) is 0 Å². The van der Waals surface area contributed by atoms with Gasteiger partial charge in [-0.05, 0) is 31.5 Å². The molecule has 6 nitrogen and oxygen atoms in total. The van der Waals surface area contributed by atoms with Gasteiger partial charge >= 0.3 is 0 Å². The van der Waals surface area contributed by atoms with Gasteiger partial charge in [-0.25, -0.2) is 4.68 Å². The summed E-state index contributed by atoms with van der Waals surface area (Å²) in [7, 11) is 1.73. The highest BCUT2D eigenvalue weighted by atomic mass is 16.1. The molecule has 1 aromatic carbocycles. The predicted molar refractivity (Wildman–Crippen MR) is 74.3 cm³/mol. The van der Waals surface area contributed by atoms with Gasteiger partial charge in [0.05, 0.1) is 5.56 Å². The molecular formula is C13H17N5O. The smallest absolute Gasteiger partial charge is 0.260 e. The van der Waals surface area contributed by atoms with E-state index >= 15 is 0 Å². The number of hydrogen-bond donors (Lipinski definition) is 2. The van der Waals surface area contributed by atoms with Gasteiger partial charge in [-0.15, -0.1) is 0 Å². The number of aryl methyl sites for hydroxylation is 2. The molecule has 2 rings (SSSR count). The summed E-state index contributed by atoms with van der Waals surface area (Å²) in [6, 6.07) is 5.67. The first-order chi connectivity index (χ1) is 9.11. The van der Waals surface area contributed by atoms with Crippen LogP contribution in [-0.4, -0.2) is 27.2 Å².